The monoisotopic (exact) mass is 301 g/mol. The normalized spacial score (nSPS) is 12.6. The van der Waals surface area contributed by atoms with Crippen LogP contribution in [0.4, 0.5) is 0 Å². The number of thiophene rings is 1. The van der Waals surface area contributed by atoms with E-state index < -0.39 is 0 Å². The standard InChI is InChI=1S/C13H20BrNS/c1-3-4-5-6-7-8-12(15-2)13-9-11(14)10-16-13/h3,9-10,12,15H,1,4-8H2,2H3. The number of halogens is 1. The van der Waals surface area contributed by atoms with Gasteiger partial charge in [0.2, 0.25) is 0 Å². The van der Waals surface area contributed by atoms with Crippen molar-refractivity contribution in [3.05, 3.63) is 33.5 Å². The Morgan fingerprint density at radius 1 is 1.50 bits per heavy atom. The van der Waals surface area contributed by atoms with E-state index in [1.807, 2.05) is 24.5 Å². The van der Waals surface area contributed by atoms with Gasteiger partial charge in [-0.15, -0.1) is 17.9 Å². The van der Waals surface area contributed by atoms with Gasteiger partial charge in [0, 0.05) is 20.8 Å². The molecule has 0 radical (unpaired) electrons. The zero-order chi connectivity index (χ0) is 11.8. The summed E-state index contributed by atoms with van der Waals surface area (Å²) in [4.78, 5) is 1.43. The van der Waals surface area contributed by atoms with Crippen LogP contribution in [0.2, 0.25) is 0 Å². The molecule has 1 unspecified atom stereocenters. The van der Waals surface area contributed by atoms with Gasteiger partial charge in [-0.25, -0.2) is 0 Å². The lowest BCUT2D eigenvalue weighted by Crippen LogP contribution is -2.14. The van der Waals surface area contributed by atoms with Crippen molar-refractivity contribution < 1.29 is 0 Å². The number of nitrogens with one attached hydrogen (secondary N) is 1. The average molecular weight is 302 g/mol. The number of rotatable bonds is 8. The topological polar surface area (TPSA) is 12.0 Å². The average Bonchev–Trinajstić information content (AvgIpc) is 2.70. The van der Waals surface area contributed by atoms with Gasteiger partial charge in [-0.3, -0.25) is 0 Å². The van der Waals surface area contributed by atoms with Gasteiger partial charge in [-0.05, 0) is 48.3 Å². The van der Waals surface area contributed by atoms with Crippen LogP contribution >= 0.6 is 27.3 Å². The summed E-state index contributed by atoms with van der Waals surface area (Å²) in [5, 5.41) is 5.54. The lowest BCUT2D eigenvalue weighted by molar-refractivity contribution is 0.514. The zero-order valence-corrected chi connectivity index (χ0v) is 12.2. The molecule has 0 fully saturated rings. The molecule has 90 valence electrons. The smallest absolute Gasteiger partial charge is 0.0412 e. The van der Waals surface area contributed by atoms with Gasteiger partial charge in [0.05, 0.1) is 0 Å². The van der Waals surface area contributed by atoms with Crippen molar-refractivity contribution in [2.24, 2.45) is 0 Å². The third-order valence-electron chi connectivity index (χ3n) is 2.68. The summed E-state index contributed by atoms with van der Waals surface area (Å²) >= 11 is 5.33. The van der Waals surface area contributed by atoms with E-state index in [0.717, 1.165) is 6.42 Å². The third kappa shape index (κ3) is 4.81. The van der Waals surface area contributed by atoms with Crippen molar-refractivity contribution in [1.82, 2.24) is 5.32 Å². The van der Waals surface area contributed by atoms with E-state index >= 15 is 0 Å². The van der Waals surface area contributed by atoms with Crippen LogP contribution in [0.3, 0.4) is 0 Å². The van der Waals surface area contributed by atoms with E-state index in [1.54, 1.807) is 0 Å². The minimum atomic E-state index is 0.514. The Balaban J connectivity index is 2.29. The maximum Gasteiger partial charge on any atom is 0.0412 e. The van der Waals surface area contributed by atoms with Crippen molar-refractivity contribution in [1.29, 1.82) is 0 Å². The summed E-state index contributed by atoms with van der Waals surface area (Å²) in [7, 11) is 2.04. The van der Waals surface area contributed by atoms with E-state index in [1.165, 1.54) is 35.0 Å². The summed E-state index contributed by atoms with van der Waals surface area (Å²) in [5.74, 6) is 0. The molecule has 0 bridgehead atoms. The van der Waals surface area contributed by atoms with Gasteiger partial charge in [-0.1, -0.05) is 18.9 Å². The summed E-state index contributed by atoms with van der Waals surface area (Å²) in [5.41, 5.74) is 0. The van der Waals surface area contributed by atoms with Crippen LogP contribution in [0.15, 0.2) is 28.6 Å². The van der Waals surface area contributed by atoms with E-state index in [4.69, 9.17) is 0 Å². The van der Waals surface area contributed by atoms with Gasteiger partial charge < -0.3 is 5.32 Å². The molecule has 16 heavy (non-hydrogen) atoms. The lowest BCUT2D eigenvalue weighted by Gasteiger charge is -2.13. The zero-order valence-electron chi connectivity index (χ0n) is 9.84. The van der Waals surface area contributed by atoms with Crippen LogP contribution in [-0.2, 0) is 0 Å². The Kier molecular flexibility index (Phi) is 7.01. The predicted molar refractivity (Wildman–Crippen MR) is 77.1 cm³/mol. The summed E-state index contributed by atoms with van der Waals surface area (Å²) in [6.07, 6.45) is 8.24. The third-order valence-corrected chi connectivity index (χ3v) is 4.49. The van der Waals surface area contributed by atoms with Crippen molar-refractivity contribution in [3.63, 3.8) is 0 Å². The van der Waals surface area contributed by atoms with Crippen LogP contribution in [0, 0.1) is 0 Å². The maximum atomic E-state index is 3.74. The molecule has 0 aliphatic carbocycles. The molecule has 3 heteroatoms. The van der Waals surface area contributed by atoms with Crippen LogP contribution in [-0.4, -0.2) is 7.05 Å². The van der Waals surface area contributed by atoms with Gasteiger partial charge in [0.25, 0.3) is 0 Å². The quantitative estimate of drug-likeness (QED) is 0.531. The molecule has 0 amide bonds. The number of unbranched alkanes of at least 4 members (excludes halogenated alkanes) is 3. The molecule has 0 aliphatic heterocycles. The Morgan fingerprint density at radius 2 is 2.31 bits per heavy atom. The number of allylic oxidation sites excluding steroid dienone is 1. The van der Waals surface area contributed by atoms with Crippen molar-refractivity contribution in [2.75, 3.05) is 7.05 Å². The molecule has 0 aromatic carbocycles. The second kappa shape index (κ2) is 8.04. The van der Waals surface area contributed by atoms with E-state index in [9.17, 15) is 0 Å². The molecule has 1 atom stereocenters. The largest absolute Gasteiger partial charge is 0.312 e. The molecule has 1 heterocycles. The minimum Gasteiger partial charge on any atom is -0.312 e. The molecule has 1 aromatic rings. The van der Waals surface area contributed by atoms with Gasteiger partial charge in [0.15, 0.2) is 0 Å². The van der Waals surface area contributed by atoms with Gasteiger partial charge in [0.1, 0.15) is 0 Å². The van der Waals surface area contributed by atoms with Crippen molar-refractivity contribution >= 4 is 27.3 Å². The molecule has 0 saturated carbocycles. The molecule has 1 aromatic heterocycles. The molecule has 0 aliphatic rings. The summed E-state index contributed by atoms with van der Waals surface area (Å²) in [6.45, 7) is 3.74. The SMILES string of the molecule is C=CCCCCCC(NC)c1cc(Br)cs1. The van der Waals surface area contributed by atoms with Crippen LogP contribution in [0.25, 0.3) is 0 Å². The van der Waals surface area contributed by atoms with Crippen molar-refractivity contribution in [2.45, 2.75) is 38.1 Å². The fraction of sp³-hybridized carbons (Fsp3) is 0.538. The maximum absolute atomic E-state index is 3.74. The molecule has 1 N–H and O–H groups in total. The Bertz CT molecular complexity index is 309. The molecular weight excluding hydrogens is 282 g/mol. The highest BCUT2D eigenvalue weighted by Crippen LogP contribution is 2.28. The Morgan fingerprint density at radius 3 is 2.88 bits per heavy atom. The lowest BCUT2D eigenvalue weighted by atomic mass is 10.1. The Labute approximate surface area is 111 Å². The summed E-state index contributed by atoms with van der Waals surface area (Å²) in [6, 6.07) is 2.73. The second-order valence-electron chi connectivity index (χ2n) is 3.94. The minimum absolute atomic E-state index is 0.514. The molecular formula is C13H20BrNS. The second-order valence-corrected chi connectivity index (χ2v) is 5.79. The molecule has 0 saturated heterocycles. The first-order valence-corrected chi connectivity index (χ1v) is 7.47. The highest BCUT2D eigenvalue weighted by molar-refractivity contribution is 9.10. The number of hydrogen-bond acceptors (Lipinski definition) is 2. The van der Waals surface area contributed by atoms with Crippen LogP contribution in [0.5, 0.6) is 0 Å². The Hall–Kier alpha value is -0.120. The van der Waals surface area contributed by atoms with E-state index in [0.29, 0.717) is 6.04 Å². The van der Waals surface area contributed by atoms with Gasteiger partial charge >= 0.3 is 0 Å². The highest BCUT2D eigenvalue weighted by Gasteiger charge is 2.10. The first-order valence-electron chi connectivity index (χ1n) is 5.80. The fourth-order valence-electron chi connectivity index (χ4n) is 1.75. The van der Waals surface area contributed by atoms with E-state index in [2.05, 4.69) is 39.3 Å². The van der Waals surface area contributed by atoms with Gasteiger partial charge in [-0.2, -0.15) is 0 Å². The fourth-order valence-corrected chi connectivity index (χ4v) is 3.34. The first kappa shape index (κ1) is 13.9. The highest BCUT2D eigenvalue weighted by atomic mass is 79.9. The molecule has 1 rings (SSSR count). The number of hydrogen-bond donors (Lipinski definition) is 1. The molecule has 1 nitrogen and oxygen atoms in total. The molecule has 0 spiro atoms. The first-order chi connectivity index (χ1) is 7.77. The predicted octanol–water partition coefficient (Wildman–Crippen LogP) is 4.91. The van der Waals surface area contributed by atoms with Crippen molar-refractivity contribution in [3.8, 4) is 0 Å². The van der Waals surface area contributed by atoms with Crippen LogP contribution < -0.4 is 5.32 Å². The summed E-state index contributed by atoms with van der Waals surface area (Å²) < 4.78 is 1.19. The van der Waals surface area contributed by atoms with E-state index in [-0.39, 0.29) is 0 Å². The van der Waals surface area contributed by atoms with Crippen LogP contribution in [0.1, 0.15) is 43.0 Å².